The molecule has 18 heteroatoms. The molecule has 3 aliphatic rings. The number of aromatic nitrogens is 6. The number of hydrogen-bond acceptors (Lipinski definition) is 9. The molecule has 0 aliphatic carbocycles. The fourth-order valence-corrected chi connectivity index (χ4v) is 12.2. The lowest BCUT2D eigenvalue weighted by atomic mass is 10.0. The van der Waals surface area contributed by atoms with E-state index in [0.717, 1.165) is 150 Å². The highest BCUT2D eigenvalue weighted by Crippen LogP contribution is 2.28. The largest absolute Gasteiger partial charge is 0.326 e. The first kappa shape index (κ1) is 59.0. The van der Waals surface area contributed by atoms with Crippen LogP contribution in [0.25, 0.3) is 33.1 Å². The van der Waals surface area contributed by atoms with E-state index in [2.05, 4.69) is 29.7 Å². The Kier molecular flexibility index (Phi) is 19.6. The number of nitrogens with zero attached hydrogens (tertiary/aromatic N) is 6. The number of benzene rings is 6. The number of likely N-dealkylation sites (tertiary alicyclic amines) is 3. The summed E-state index contributed by atoms with van der Waals surface area (Å²) in [6.45, 7) is 8.10. The van der Waals surface area contributed by atoms with E-state index in [4.69, 9.17) is 0 Å². The van der Waals surface area contributed by atoms with E-state index in [9.17, 15) is 41.9 Å². The predicted molar refractivity (Wildman–Crippen MR) is 322 cm³/mol. The highest BCUT2D eigenvalue weighted by Gasteiger charge is 2.27. The van der Waals surface area contributed by atoms with Crippen molar-refractivity contribution in [2.24, 2.45) is 0 Å². The molecule has 3 N–H and O–H groups in total. The van der Waals surface area contributed by atoms with Gasteiger partial charge in [0.1, 0.15) is 17.5 Å². The van der Waals surface area contributed by atoms with Crippen LogP contribution in [-0.2, 0) is 0 Å². The highest BCUT2D eigenvalue weighted by atomic mass is 19.1. The molecule has 0 amide bonds. The zero-order valence-electron chi connectivity index (χ0n) is 47.2. The van der Waals surface area contributed by atoms with E-state index in [1.165, 1.54) is 36.4 Å². The Morgan fingerprint density at radius 2 is 0.595 bits per heavy atom. The summed E-state index contributed by atoms with van der Waals surface area (Å²) >= 11 is 0. The minimum atomic E-state index is -0.325. The number of H-pyrrole nitrogens is 3. The molecule has 3 fully saturated rings. The number of rotatable bonds is 18. The Morgan fingerprint density at radius 1 is 0.357 bits per heavy atom. The van der Waals surface area contributed by atoms with Crippen molar-refractivity contribution >= 4 is 50.4 Å². The van der Waals surface area contributed by atoms with Gasteiger partial charge in [0.05, 0.1) is 33.1 Å². The third-order valence-electron chi connectivity index (χ3n) is 16.8. The number of halogens is 3. The molecular formula is C66H72F3N9O6. The van der Waals surface area contributed by atoms with Gasteiger partial charge in [-0.3, -0.25) is 28.1 Å². The van der Waals surface area contributed by atoms with Crippen molar-refractivity contribution in [3.05, 3.63) is 211 Å². The zero-order valence-corrected chi connectivity index (χ0v) is 47.2. The molecule has 0 radical (unpaired) electrons. The summed E-state index contributed by atoms with van der Waals surface area (Å²) in [7, 11) is 0. The van der Waals surface area contributed by atoms with Gasteiger partial charge in [-0.2, -0.15) is 0 Å². The van der Waals surface area contributed by atoms with Gasteiger partial charge in [0.15, 0.2) is 17.3 Å². The maximum Gasteiger partial charge on any atom is 0.326 e. The van der Waals surface area contributed by atoms with Crippen LogP contribution < -0.4 is 17.1 Å². The molecule has 438 valence electrons. The van der Waals surface area contributed by atoms with Crippen molar-refractivity contribution < 1.29 is 27.6 Å². The highest BCUT2D eigenvalue weighted by molar-refractivity contribution is 5.97. The lowest BCUT2D eigenvalue weighted by Crippen LogP contribution is -2.37. The van der Waals surface area contributed by atoms with Crippen molar-refractivity contribution in [2.75, 3.05) is 58.9 Å². The molecule has 3 saturated heterocycles. The van der Waals surface area contributed by atoms with Gasteiger partial charge in [-0.25, -0.2) is 27.6 Å². The SMILES string of the molecule is O=C(CCCN1CCC(n2c(=O)[nH]c3ccccc32)CC1)c1ccc(F)cc1.O=C(CCCN1CCC(n2c(=O)[nH]c3ccccc32)CC1)c1ccc(F)cc1.O=C(CCCN1CCC(n2c(=O)[nH]c3ccccc32)CC1)c1ccc(F)cc1. The standard InChI is InChI=1S/3C22H24FN3O2/c3*23-17-9-7-16(8-10-17)21(27)6-3-13-25-14-11-18(12-15-25)26-20-5-2-1-4-19(20)24-22(26)28/h3*1-2,4-5,7-10,18H,3,6,11-15H2,(H,24,28). The normalized spacial score (nSPS) is 15.9. The predicted octanol–water partition coefficient (Wildman–Crippen LogP) is 11.3. The lowest BCUT2D eigenvalue weighted by molar-refractivity contribution is 0.0963. The number of imidazole rings is 3. The third-order valence-corrected chi connectivity index (χ3v) is 16.8. The Hall–Kier alpha value is -8.19. The summed E-state index contributed by atoms with van der Waals surface area (Å²) in [4.78, 5) is 89.5. The van der Waals surface area contributed by atoms with E-state index in [1.807, 2.05) is 86.5 Å². The topological polar surface area (TPSA) is 174 Å². The van der Waals surface area contributed by atoms with Crippen LogP contribution in [0.4, 0.5) is 13.2 Å². The van der Waals surface area contributed by atoms with Crippen molar-refractivity contribution in [1.82, 2.24) is 43.4 Å². The summed E-state index contributed by atoms with van der Waals surface area (Å²) in [5.74, 6) is -0.808. The van der Waals surface area contributed by atoms with Gasteiger partial charge in [0.2, 0.25) is 0 Å². The fourth-order valence-electron chi connectivity index (χ4n) is 12.2. The first-order valence-corrected chi connectivity index (χ1v) is 29.5. The Morgan fingerprint density at radius 3 is 0.845 bits per heavy atom. The summed E-state index contributed by atoms with van der Waals surface area (Å²) in [5, 5.41) is 0. The summed E-state index contributed by atoms with van der Waals surface area (Å²) in [5.41, 5.74) is 7.15. The van der Waals surface area contributed by atoms with Gasteiger partial charge in [-0.05, 0) is 187 Å². The van der Waals surface area contributed by atoms with E-state index in [-0.39, 0.29) is 70.0 Å². The van der Waals surface area contributed by atoms with Gasteiger partial charge < -0.3 is 29.7 Å². The van der Waals surface area contributed by atoms with E-state index in [1.54, 1.807) is 36.4 Å². The molecule has 0 saturated carbocycles. The Labute approximate surface area is 484 Å². The molecule has 0 spiro atoms. The molecule has 3 aliphatic heterocycles. The number of para-hydroxylation sites is 6. The molecule has 84 heavy (non-hydrogen) atoms. The van der Waals surface area contributed by atoms with Crippen molar-refractivity contribution in [3.8, 4) is 0 Å². The van der Waals surface area contributed by atoms with Gasteiger partial charge in [-0.1, -0.05) is 36.4 Å². The van der Waals surface area contributed by atoms with Crippen LogP contribution in [0.2, 0.25) is 0 Å². The van der Waals surface area contributed by atoms with Crippen molar-refractivity contribution in [3.63, 3.8) is 0 Å². The molecule has 3 aromatic heterocycles. The Bertz CT molecular complexity index is 3440. The second kappa shape index (κ2) is 27.9. The molecule has 0 bridgehead atoms. The van der Waals surface area contributed by atoms with Gasteiger partial charge in [0.25, 0.3) is 0 Å². The number of hydrogen-bond donors (Lipinski definition) is 3. The number of ketones is 3. The molecule has 6 aromatic carbocycles. The third kappa shape index (κ3) is 14.8. The molecule has 6 heterocycles. The summed E-state index contributed by atoms with van der Waals surface area (Å²) < 4.78 is 44.5. The monoisotopic (exact) mass is 1140 g/mol. The molecule has 0 unspecified atom stereocenters. The maximum atomic E-state index is 12.9. The van der Waals surface area contributed by atoms with E-state index < -0.39 is 0 Å². The van der Waals surface area contributed by atoms with Crippen LogP contribution in [0.15, 0.2) is 160 Å². The van der Waals surface area contributed by atoms with Crippen LogP contribution in [0, 0.1) is 17.5 Å². The van der Waals surface area contributed by atoms with E-state index in [0.29, 0.717) is 36.0 Å². The first-order valence-electron chi connectivity index (χ1n) is 29.5. The average Bonchev–Trinajstić information content (AvgIpc) is 3.63. The number of carbonyl (C=O) groups is 3. The number of fused-ring (bicyclic) bond motifs is 3. The second-order valence-electron chi connectivity index (χ2n) is 22.3. The number of aromatic amines is 3. The lowest BCUT2D eigenvalue weighted by Gasteiger charge is -2.32. The van der Waals surface area contributed by atoms with E-state index >= 15 is 0 Å². The fraction of sp³-hybridized carbons (Fsp3) is 0.364. The molecule has 12 rings (SSSR count). The average molecular weight is 1140 g/mol. The van der Waals surface area contributed by atoms with Gasteiger partial charge >= 0.3 is 17.1 Å². The summed E-state index contributed by atoms with van der Waals surface area (Å²) in [6.07, 6.45) is 9.30. The summed E-state index contributed by atoms with van der Waals surface area (Å²) in [6, 6.07) is 41.2. The first-order chi connectivity index (χ1) is 40.8. The van der Waals surface area contributed by atoms with Crippen molar-refractivity contribution in [1.29, 1.82) is 0 Å². The minimum Gasteiger partial charge on any atom is -0.306 e. The van der Waals surface area contributed by atoms with Gasteiger partial charge in [-0.15, -0.1) is 0 Å². The number of Topliss-reactive ketones (excluding diaryl/α,β-unsaturated/α-hetero) is 3. The van der Waals surface area contributed by atoms with Crippen LogP contribution in [0.3, 0.4) is 0 Å². The number of piperidine rings is 3. The molecular weight excluding hydrogens is 1070 g/mol. The van der Waals surface area contributed by atoms with Gasteiger partial charge in [0, 0.05) is 93.3 Å². The van der Waals surface area contributed by atoms with Crippen LogP contribution >= 0.6 is 0 Å². The molecule has 15 nitrogen and oxygen atoms in total. The van der Waals surface area contributed by atoms with Crippen LogP contribution in [0.5, 0.6) is 0 Å². The number of carbonyl (C=O) groups excluding carboxylic acids is 3. The number of nitrogens with one attached hydrogen (secondary N) is 3. The quantitative estimate of drug-likeness (QED) is 0.0707. The van der Waals surface area contributed by atoms with Crippen LogP contribution in [0.1, 0.15) is 126 Å². The van der Waals surface area contributed by atoms with Crippen molar-refractivity contribution in [2.45, 2.75) is 95.2 Å². The Balaban J connectivity index is 0.000000140. The maximum absolute atomic E-state index is 12.9. The zero-order chi connectivity index (χ0) is 58.5. The second-order valence-corrected chi connectivity index (χ2v) is 22.3. The molecule has 9 aromatic rings. The minimum absolute atomic E-state index is 0.0375. The van der Waals surface area contributed by atoms with Crippen LogP contribution in [-0.4, -0.2) is 120 Å². The molecule has 0 atom stereocenters. The smallest absolute Gasteiger partial charge is 0.306 e.